The van der Waals surface area contributed by atoms with Crippen molar-refractivity contribution in [2.45, 2.75) is 258 Å². The van der Waals surface area contributed by atoms with Crippen molar-refractivity contribution in [3.05, 3.63) is 85.1 Å². The summed E-state index contributed by atoms with van der Waals surface area (Å²) in [6.45, 7) is 6.42. The summed E-state index contributed by atoms with van der Waals surface area (Å²) in [5, 5.41) is 0. The van der Waals surface area contributed by atoms with Gasteiger partial charge in [0.25, 0.3) is 0 Å². The largest absolute Gasteiger partial charge is 0.462 e. The molecule has 0 aromatic carbocycles. The summed E-state index contributed by atoms with van der Waals surface area (Å²) < 4.78 is 16.8. The predicted molar refractivity (Wildman–Crippen MR) is 279 cm³/mol. The van der Waals surface area contributed by atoms with Crippen molar-refractivity contribution in [1.29, 1.82) is 0 Å². The van der Waals surface area contributed by atoms with Crippen LogP contribution in [-0.2, 0) is 28.6 Å². The van der Waals surface area contributed by atoms with E-state index in [0.29, 0.717) is 19.3 Å². The van der Waals surface area contributed by atoms with Crippen LogP contribution in [0.25, 0.3) is 0 Å². The highest BCUT2D eigenvalue weighted by molar-refractivity contribution is 5.71. The molecule has 0 radical (unpaired) electrons. The molecule has 0 spiro atoms. The van der Waals surface area contributed by atoms with E-state index in [1.807, 2.05) is 54.7 Å². The summed E-state index contributed by atoms with van der Waals surface area (Å²) in [5.74, 6) is -0.986. The molecule has 0 heterocycles. The van der Waals surface area contributed by atoms with Gasteiger partial charge < -0.3 is 14.2 Å². The summed E-state index contributed by atoms with van der Waals surface area (Å²) >= 11 is 0. The van der Waals surface area contributed by atoms with Gasteiger partial charge in [-0.25, -0.2) is 0 Å². The zero-order valence-electron chi connectivity index (χ0n) is 42.5. The Bertz CT molecular complexity index is 1270. The van der Waals surface area contributed by atoms with Crippen molar-refractivity contribution in [2.24, 2.45) is 0 Å². The van der Waals surface area contributed by atoms with Gasteiger partial charge in [0, 0.05) is 19.3 Å². The molecule has 1 unspecified atom stereocenters. The molecular formula is C59H100O6. The standard InChI is InChI=1S/C59H100O6/c1-4-7-10-13-16-19-22-25-27-29-31-34-37-40-43-46-49-52-58(61)64-55-56(54-63-57(60)51-48-45-42-39-36-33-24-21-18-15-12-9-6-3)65-59(62)53-50-47-44-41-38-35-32-30-28-26-23-20-17-14-11-8-5-2/h9,12,15,18,21,24-28,33,36,39,42,56H,4-8,10-11,13-14,16-17,19-20,22-23,29-32,34-35,37-38,40-41,43-55H2,1-3H3/b12-9+,18-15+,24-21+,27-25+,28-26+,36-33+,42-39+. The second kappa shape index (κ2) is 53.2. The first kappa shape index (κ1) is 61.6. The highest BCUT2D eigenvalue weighted by Gasteiger charge is 2.19. The number of carbonyl (C=O) groups excluding carboxylic acids is 3. The van der Waals surface area contributed by atoms with E-state index in [4.69, 9.17) is 14.2 Å². The molecule has 6 heteroatoms. The number of ether oxygens (including phenoxy) is 3. The Morgan fingerprint density at radius 1 is 0.323 bits per heavy atom. The fourth-order valence-electron chi connectivity index (χ4n) is 7.40. The molecule has 0 aliphatic heterocycles. The van der Waals surface area contributed by atoms with Gasteiger partial charge in [-0.05, 0) is 83.5 Å². The van der Waals surface area contributed by atoms with Crippen molar-refractivity contribution >= 4 is 17.9 Å². The lowest BCUT2D eigenvalue weighted by Gasteiger charge is -2.18. The van der Waals surface area contributed by atoms with Gasteiger partial charge in [-0.1, -0.05) is 234 Å². The second-order valence-electron chi connectivity index (χ2n) is 17.9. The monoisotopic (exact) mass is 905 g/mol. The van der Waals surface area contributed by atoms with Gasteiger partial charge >= 0.3 is 17.9 Å². The SMILES string of the molecule is CC/C=C/C=C/C=C/C=C/C=C/CCCC(=O)OCC(COC(=O)CCCCCCCCC/C=C/CCCCCCCC)OC(=O)CCCCCCCCC/C=C/CCCCCCCC. The van der Waals surface area contributed by atoms with Crippen molar-refractivity contribution in [2.75, 3.05) is 13.2 Å². The molecule has 0 saturated heterocycles. The highest BCUT2D eigenvalue weighted by Crippen LogP contribution is 2.14. The Hall–Kier alpha value is -3.41. The Morgan fingerprint density at radius 3 is 1.03 bits per heavy atom. The zero-order chi connectivity index (χ0) is 47.2. The topological polar surface area (TPSA) is 78.9 Å². The van der Waals surface area contributed by atoms with Crippen LogP contribution >= 0.6 is 0 Å². The van der Waals surface area contributed by atoms with Gasteiger partial charge in [-0.2, -0.15) is 0 Å². The van der Waals surface area contributed by atoms with Crippen LogP contribution < -0.4 is 0 Å². The van der Waals surface area contributed by atoms with Crippen LogP contribution in [0.15, 0.2) is 85.1 Å². The lowest BCUT2D eigenvalue weighted by molar-refractivity contribution is -0.167. The van der Waals surface area contributed by atoms with Gasteiger partial charge in [0.2, 0.25) is 0 Å². The van der Waals surface area contributed by atoms with Crippen LogP contribution in [0.5, 0.6) is 0 Å². The van der Waals surface area contributed by atoms with E-state index >= 15 is 0 Å². The molecule has 0 aromatic heterocycles. The van der Waals surface area contributed by atoms with Gasteiger partial charge in [0.1, 0.15) is 13.2 Å². The minimum absolute atomic E-state index is 0.103. The van der Waals surface area contributed by atoms with E-state index in [-0.39, 0.29) is 37.5 Å². The lowest BCUT2D eigenvalue weighted by Crippen LogP contribution is -2.30. The summed E-state index contributed by atoms with van der Waals surface area (Å²) in [7, 11) is 0. The minimum Gasteiger partial charge on any atom is -0.462 e. The number of rotatable bonds is 48. The van der Waals surface area contributed by atoms with Crippen LogP contribution in [0.2, 0.25) is 0 Å². The summed E-state index contributed by atoms with van der Waals surface area (Å²) in [6, 6.07) is 0. The van der Waals surface area contributed by atoms with E-state index in [1.54, 1.807) is 0 Å². The van der Waals surface area contributed by atoms with E-state index in [0.717, 1.165) is 51.4 Å². The highest BCUT2D eigenvalue weighted by atomic mass is 16.6. The molecule has 0 amide bonds. The molecule has 0 fully saturated rings. The first-order chi connectivity index (χ1) is 32.0. The Labute approximate surface area is 401 Å². The second-order valence-corrected chi connectivity index (χ2v) is 17.9. The number of allylic oxidation sites excluding steroid dienone is 14. The van der Waals surface area contributed by atoms with Crippen molar-refractivity contribution < 1.29 is 28.6 Å². The molecule has 65 heavy (non-hydrogen) atoms. The first-order valence-electron chi connectivity index (χ1n) is 27.2. The molecule has 6 nitrogen and oxygen atoms in total. The Balaban J connectivity index is 4.46. The summed E-state index contributed by atoms with van der Waals surface area (Å²) in [6.07, 6.45) is 68.6. The minimum atomic E-state index is -0.809. The summed E-state index contributed by atoms with van der Waals surface area (Å²) in [5.41, 5.74) is 0. The molecule has 0 aliphatic rings. The molecule has 0 N–H and O–H groups in total. The van der Waals surface area contributed by atoms with Crippen LogP contribution in [0.1, 0.15) is 252 Å². The van der Waals surface area contributed by atoms with E-state index in [1.165, 1.54) is 154 Å². The molecule has 0 saturated carbocycles. The number of esters is 3. The van der Waals surface area contributed by atoms with Gasteiger partial charge in [0.15, 0.2) is 6.10 Å². The predicted octanol–water partition coefficient (Wildman–Crippen LogP) is 18.0. The maximum absolute atomic E-state index is 12.8. The number of hydrogen-bond acceptors (Lipinski definition) is 6. The third kappa shape index (κ3) is 51.4. The van der Waals surface area contributed by atoms with Crippen LogP contribution in [0.3, 0.4) is 0 Å². The normalized spacial score (nSPS) is 12.7. The quantitative estimate of drug-likeness (QED) is 0.0199. The van der Waals surface area contributed by atoms with Gasteiger partial charge in [-0.3, -0.25) is 14.4 Å². The van der Waals surface area contributed by atoms with Crippen molar-refractivity contribution in [3.63, 3.8) is 0 Å². The Kier molecular flexibility index (Phi) is 50.4. The van der Waals surface area contributed by atoms with Crippen molar-refractivity contribution in [3.8, 4) is 0 Å². The first-order valence-corrected chi connectivity index (χ1v) is 27.2. The molecular weight excluding hydrogens is 805 g/mol. The molecule has 1 atom stereocenters. The lowest BCUT2D eigenvalue weighted by atomic mass is 10.1. The smallest absolute Gasteiger partial charge is 0.306 e. The third-order valence-electron chi connectivity index (χ3n) is 11.5. The molecule has 0 rings (SSSR count). The summed E-state index contributed by atoms with van der Waals surface area (Å²) in [4.78, 5) is 38.0. The third-order valence-corrected chi connectivity index (χ3v) is 11.5. The van der Waals surface area contributed by atoms with E-state index in [9.17, 15) is 14.4 Å². The average molecular weight is 905 g/mol. The molecule has 0 aromatic rings. The van der Waals surface area contributed by atoms with Gasteiger partial charge in [-0.15, -0.1) is 0 Å². The fourth-order valence-corrected chi connectivity index (χ4v) is 7.40. The number of unbranched alkanes of at least 4 members (excludes halogenated alkanes) is 27. The number of carbonyl (C=O) groups is 3. The van der Waals surface area contributed by atoms with Crippen LogP contribution in [0.4, 0.5) is 0 Å². The van der Waals surface area contributed by atoms with Gasteiger partial charge in [0.05, 0.1) is 0 Å². The Morgan fingerprint density at radius 2 is 0.631 bits per heavy atom. The molecule has 0 bridgehead atoms. The molecule has 372 valence electrons. The maximum atomic E-state index is 12.8. The number of hydrogen-bond donors (Lipinski definition) is 0. The van der Waals surface area contributed by atoms with Crippen LogP contribution in [0, 0.1) is 0 Å². The van der Waals surface area contributed by atoms with E-state index < -0.39 is 6.10 Å². The average Bonchev–Trinajstić information content (AvgIpc) is 3.30. The zero-order valence-corrected chi connectivity index (χ0v) is 42.5. The van der Waals surface area contributed by atoms with Crippen molar-refractivity contribution in [1.82, 2.24) is 0 Å². The molecule has 0 aliphatic carbocycles. The fraction of sp³-hybridized carbons (Fsp3) is 0.712. The van der Waals surface area contributed by atoms with Crippen LogP contribution in [-0.4, -0.2) is 37.2 Å². The maximum Gasteiger partial charge on any atom is 0.306 e. The van der Waals surface area contributed by atoms with E-state index in [2.05, 4.69) is 51.2 Å².